The Morgan fingerprint density at radius 3 is 2.00 bits per heavy atom. The Kier molecular flexibility index (Phi) is 10.2. The summed E-state index contributed by atoms with van der Waals surface area (Å²) in [7, 11) is -2.34. The minimum Gasteiger partial charge on any atom is -0.469 e. The lowest BCUT2D eigenvalue weighted by Gasteiger charge is -2.21. The molecule has 0 saturated carbocycles. The maximum absolute atomic E-state index is 11.8. The molecule has 10 heteroatoms. The van der Waals surface area contributed by atoms with Crippen molar-refractivity contribution in [2.45, 2.75) is 24.7 Å². The highest BCUT2D eigenvalue weighted by molar-refractivity contribution is 7.97. The molecule has 0 radical (unpaired) electrons. The van der Waals surface area contributed by atoms with Gasteiger partial charge in [0, 0.05) is 22.0 Å². The van der Waals surface area contributed by atoms with Crippen LogP contribution in [0.25, 0.3) is 0 Å². The van der Waals surface area contributed by atoms with Gasteiger partial charge in [-0.05, 0) is 11.6 Å². The van der Waals surface area contributed by atoms with Crippen molar-refractivity contribution in [2.75, 3.05) is 25.7 Å². The Bertz CT molecular complexity index is 972. The second kappa shape index (κ2) is 12.6. The van der Waals surface area contributed by atoms with E-state index in [1.54, 1.807) is 18.2 Å². The molecule has 2 aromatic carbocycles. The molecule has 0 saturated heterocycles. The Balaban J connectivity index is 2.42. The summed E-state index contributed by atoms with van der Waals surface area (Å²) in [4.78, 5) is 23.7. The molecular weight excluding hydrogens is 456 g/mol. The lowest BCUT2D eigenvalue weighted by molar-refractivity contribution is -0.140. The lowest BCUT2D eigenvalue weighted by Crippen LogP contribution is -2.25. The molecule has 0 fully saturated rings. The zero-order valence-electron chi connectivity index (χ0n) is 17.9. The third-order valence-electron chi connectivity index (χ3n) is 4.66. The van der Waals surface area contributed by atoms with Crippen LogP contribution in [0.2, 0.25) is 0 Å². The van der Waals surface area contributed by atoms with E-state index in [1.165, 1.54) is 14.2 Å². The van der Waals surface area contributed by atoms with E-state index in [9.17, 15) is 18.0 Å². The molecule has 174 valence electrons. The highest BCUT2D eigenvalue weighted by Crippen LogP contribution is 2.34. The molecule has 32 heavy (non-hydrogen) atoms. The lowest BCUT2D eigenvalue weighted by atomic mass is 10.0. The quantitative estimate of drug-likeness (QED) is 0.278. The van der Waals surface area contributed by atoms with E-state index in [2.05, 4.69) is 4.18 Å². The standard InChI is InChI=1S/C22H26O8S2/c1-28-20(23)11-13-31(14-12-21(24)29-2)22(18-8-4-3-5-9-18)19-10-6-7-17(15-19)16-30-32(25,26)27/h3-10,15,22H,11-14,16H2,1-2H3/p+1. The Labute approximate surface area is 191 Å². The van der Waals surface area contributed by atoms with Gasteiger partial charge in [-0.25, -0.2) is 4.18 Å². The zero-order chi connectivity index (χ0) is 23.6. The molecule has 0 aliphatic heterocycles. The number of rotatable bonds is 12. The average molecular weight is 484 g/mol. The van der Waals surface area contributed by atoms with Crippen LogP contribution < -0.4 is 0 Å². The van der Waals surface area contributed by atoms with Crippen molar-refractivity contribution in [3.05, 3.63) is 71.3 Å². The summed E-state index contributed by atoms with van der Waals surface area (Å²) in [5.41, 5.74) is 2.44. The number of carbonyl (C=O) groups excluding carboxylic acids is 2. The minimum absolute atomic E-state index is 0.156. The van der Waals surface area contributed by atoms with Gasteiger partial charge in [0.1, 0.15) is 11.5 Å². The van der Waals surface area contributed by atoms with Crippen LogP contribution in [-0.4, -0.2) is 50.6 Å². The SMILES string of the molecule is COC(=O)CC[S+](CCC(=O)OC)C(c1ccccc1)c1cccc(COS(=O)(=O)O)c1. The first-order chi connectivity index (χ1) is 15.2. The molecule has 0 bridgehead atoms. The summed E-state index contributed by atoms with van der Waals surface area (Å²) in [5, 5.41) is -0.156. The largest absolute Gasteiger partial charge is 0.469 e. The topological polar surface area (TPSA) is 116 Å². The van der Waals surface area contributed by atoms with Crippen molar-refractivity contribution in [1.29, 1.82) is 0 Å². The van der Waals surface area contributed by atoms with Crippen LogP contribution in [0.15, 0.2) is 54.6 Å². The number of ether oxygens (including phenoxy) is 2. The van der Waals surface area contributed by atoms with Gasteiger partial charge in [0.2, 0.25) is 0 Å². The van der Waals surface area contributed by atoms with Crippen LogP contribution in [0.3, 0.4) is 0 Å². The number of carbonyl (C=O) groups is 2. The summed E-state index contributed by atoms with van der Waals surface area (Å²) >= 11 is 0. The van der Waals surface area contributed by atoms with E-state index < -0.39 is 21.3 Å². The van der Waals surface area contributed by atoms with Gasteiger partial charge in [-0.1, -0.05) is 48.5 Å². The Hall–Kier alpha value is -2.40. The van der Waals surface area contributed by atoms with Crippen LogP contribution in [0.4, 0.5) is 0 Å². The number of esters is 2. The van der Waals surface area contributed by atoms with Gasteiger partial charge in [-0.2, -0.15) is 8.42 Å². The Morgan fingerprint density at radius 1 is 0.906 bits per heavy atom. The number of methoxy groups -OCH3 is 2. The molecule has 2 rings (SSSR count). The fourth-order valence-electron chi connectivity index (χ4n) is 3.16. The van der Waals surface area contributed by atoms with Crippen molar-refractivity contribution < 1.29 is 36.2 Å². The first-order valence-electron chi connectivity index (χ1n) is 9.79. The average Bonchev–Trinajstić information content (AvgIpc) is 2.79. The van der Waals surface area contributed by atoms with E-state index in [-0.39, 0.29) is 36.6 Å². The molecule has 1 atom stereocenters. The highest BCUT2D eigenvalue weighted by Gasteiger charge is 2.35. The van der Waals surface area contributed by atoms with E-state index in [1.807, 2.05) is 36.4 Å². The second-order valence-electron chi connectivity index (χ2n) is 6.82. The molecule has 0 spiro atoms. The van der Waals surface area contributed by atoms with Gasteiger partial charge in [-0.15, -0.1) is 0 Å². The smallest absolute Gasteiger partial charge is 0.397 e. The van der Waals surface area contributed by atoms with Crippen molar-refractivity contribution in [1.82, 2.24) is 0 Å². The molecule has 0 aromatic heterocycles. The van der Waals surface area contributed by atoms with E-state index in [0.717, 1.165) is 11.1 Å². The molecule has 0 heterocycles. The van der Waals surface area contributed by atoms with Crippen LogP contribution in [0.5, 0.6) is 0 Å². The summed E-state index contributed by atoms with van der Waals surface area (Å²) in [6.45, 7) is -0.313. The molecule has 0 aliphatic carbocycles. The highest BCUT2D eigenvalue weighted by atomic mass is 32.3. The number of benzene rings is 2. The second-order valence-corrected chi connectivity index (χ2v) is 10.3. The molecule has 0 amide bonds. The first-order valence-corrected chi connectivity index (χ1v) is 12.8. The summed E-state index contributed by atoms with van der Waals surface area (Å²) in [5.74, 6) is 0.356. The van der Waals surface area contributed by atoms with E-state index in [0.29, 0.717) is 17.1 Å². The van der Waals surface area contributed by atoms with Gasteiger partial charge in [0.25, 0.3) is 0 Å². The van der Waals surface area contributed by atoms with Crippen molar-refractivity contribution in [3.63, 3.8) is 0 Å². The molecule has 2 aromatic rings. The van der Waals surface area contributed by atoms with Crippen LogP contribution in [0.1, 0.15) is 34.8 Å². The first kappa shape index (κ1) is 25.9. The predicted octanol–water partition coefficient (Wildman–Crippen LogP) is 2.84. The van der Waals surface area contributed by atoms with Crippen LogP contribution >= 0.6 is 0 Å². The van der Waals surface area contributed by atoms with Crippen LogP contribution in [0, 0.1) is 0 Å². The van der Waals surface area contributed by atoms with Crippen molar-refractivity contribution in [2.24, 2.45) is 0 Å². The van der Waals surface area contributed by atoms with Crippen molar-refractivity contribution in [3.8, 4) is 0 Å². The number of hydrogen-bond acceptors (Lipinski definition) is 7. The monoisotopic (exact) mass is 483 g/mol. The summed E-state index contributed by atoms with van der Waals surface area (Å²) in [6, 6.07) is 16.9. The molecular formula is C22H27O8S2+. The predicted molar refractivity (Wildman–Crippen MR) is 121 cm³/mol. The normalized spacial score (nSPS) is 12.4. The zero-order valence-corrected chi connectivity index (χ0v) is 19.6. The summed E-state index contributed by atoms with van der Waals surface area (Å²) < 4.78 is 44.9. The van der Waals surface area contributed by atoms with Gasteiger partial charge >= 0.3 is 22.3 Å². The fraction of sp³-hybridized carbons (Fsp3) is 0.364. The van der Waals surface area contributed by atoms with Crippen molar-refractivity contribution >= 4 is 33.2 Å². The van der Waals surface area contributed by atoms with Crippen LogP contribution in [-0.2, 0) is 51.1 Å². The Morgan fingerprint density at radius 2 is 1.47 bits per heavy atom. The van der Waals surface area contributed by atoms with Gasteiger partial charge in [-0.3, -0.25) is 14.1 Å². The molecule has 1 unspecified atom stereocenters. The third-order valence-corrected chi connectivity index (χ3v) is 7.74. The maximum atomic E-state index is 11.8. The van der Waals surface area contributed by atoms with E-state index >= 15 is 0 Å². The molecule has 8 nitrogen and oxygen atoms in total. The van der Waals surface area contributed by atoms with E-state index in [4.69, 9.17) is 14.0 Å². The molecule has 0 aliphatic rings. The number of hydrogen-bond donors (Lipinski definition) is 1. The summed E-state index contributed by atoms with van der Waals surface area (Å²) in [6.07, 6.45) is 0.408. The third kappa shape index (κ3) is 8.62. The molecule has 1 N–H and O–H groups in total. The van der Waals surface area contributed by atoms with Gasteiger partial charge in [0.05, 0.1) is 33.7 Å². The van der Waals surface area contributed by atoms with Gasteiger partial charge in [0.15, 0.2) is 5.25 Å². The van der Waals surface area contributed by atoms with Gasteiger partial charge < -0.3 is 9.47 Å². The minimum atomic E-state index is -4.57. The fourth-order valence-corrected chi connectivity index (χ4v) is 6.06. The maximum Gasteiger partial charge on any atom is 0.397 e.